The lowest BCUT2D eigenvalue weighted by Gasteiger charge is -2.30. The van der Waals surface area contributed by atoms with Gasteiger partial charge in [0, 0.05) is 11.6 Å². The number of rotatable bonds is 1. The van der Waals surface area contributed by atoms with Gasteiger partial charge in [-0.2, -0.15) is 5.26 Å². The van der Waals surface area contributed by atoms with Gasteiger partial charge in [-0.1, -0.05) is 23.7 Å². The van der Waals surface area contributed by atoms with Crippen LogP contribution in [-0.2, 0) is 10.2 Å². The number of nitrogens with zero attached hydrogens (tertiary/aromatic N) is 1. The van der Waals surface area contributed by atoms with E-state index in [2.05, 4.69) is 6.07 Å². The van der Waals surface area contributed by atoms with E-state index in [1.54, 1.807) is 0 Å². The lowest BCUT2D eigenvalue weighted by Crippen LogP contribution is -2.34. The number of halogens is 1. The highest BCUT2D eigenvalue weighted by molar-refractivity contribution is 6.30. The molecule has 3 heteroatoms. The standard InChI is InChI=1S/C12H12ClNO/c13-11-4-2-10(3-5-11)12(8-14)6-1-7-15-9-12/h2-5H,1,6-7,9H2/t12-/m0/s1. The first kappa shape index (κ1) is 10.5. The van der Waals surface area contributed by atoms with E-state index in [1.807, 2.05) is 24.3 Å². The smallest absolute Gasteiger partial charge is 0.106 e. The Morgan fingerprint density at radius 1 is 1.33 bits per heavy atom. The molecule has 0 bridgehead atoms. The van der Waals surface area contributed by atoms with Crippen LogP contribution in [0.15, 0.2) is 24.3 Å². The predicted molar refractivity (Wildman–Crippen MR) is 58.8 cm³/mol. The fraction of sp³-hybridized carbons (Fsp3) is 0.417. The van der Waals surface area contributed by atoms with Gasteiger partial charge in [-0.05, 0) is 30.5 Å². The number of hydrogen-bond acceptors (Lipinski definition) is 2. The van der Waals surface area contributed by atoms with Crippen molar-refractivity contribution in [2.45, 2.75) is 18.3 Å². The van der Waals surface area contributed by atoms with E-state index in [0.717, 1.165) is 25.0 Å². The van der Waals surface area contributed by atoms with Crippen LogP contribution in [0.4, 0.5) is 0 Å². The molecule has 1 aromatic carbocycles. The van der Waals surface area contributed by atoms with Crippen molar-refractivity contribution in [2.24, 2.45) is 0 Å². The summed E-state index contributed by atoms with van der Waals surface area (Å²) < 4.78 is 5.41. The zero-order valence-corrected chi connectivity index (χ0v) is 9.13. The van der Waals surface area contributed by atoms with Gasteiger partial charge in [0.15, 0.2) is 0 Å². The lowest BCUT2D eigenvalue weighted by molar-refractivity contribution is 0.0563. The van der Waals surface area contributed by atoms with Gasteiger partial charge in [0.25, 0.3) is 0 Å². The van der Waals surface area contributed by atoms with Crippen molar-refractivity contribution < 1.29 is 4.74 Å². The third kappa shape index (κ3) is 1.99. The van der Waals surface area contributed by atoms with Crippen LogP contribution in [0.2, 0.25) is 5.02 Å². The maximum Gasteiger partial charge on any atom is 0.106 e. The van der Waals surface area contributed by atoms with Crippen LogP contribution in [0.1, 0.15) is 18.4 Å². The second kappa shape index (κ2) is 4.22. The fourth-order valence-electron chi connectivity index (χ4n) is 1.94. The van der Waals surface area contributed by atoms with Crippen molar-refractivity contribution in [3.05, 3.63) is 34.9 Å². The molecule has 15 heavy (non-hydrogen) atoms. The molecule has 78 valence electrons. The molecule has 0 unspecified atom stereocenters. The SMILES string of the molecule is N#C[C@@]1(c2ccc(Cl)cc2)CCCOC1. The Bertz CT molecular complexity index is 374. The van der Waals surface area contributed by atoms with Gasteiger partial charge in [-0.25, -0.2) is 0 Å². The quantitative estimate of drug-likeness (QED) is 0.731. The lowest BCUT2D eigenvalue weighted by atomic mass is 9.78. The molecule has 0 radical (unpaired) electrons. The molecule has 2 nitrogen and oxygen atoms in total. The summed E-state index contributed by atoms with van der Waals surface area (Å²) in [5, 5.41) is 10.00. The van der Waals surface area contributed by atoms with Crippen LogP contribution in [0.25, 0.3) is 0 Å². The summed E-state index contributed by atoms with van der Waals surface area (Å²) in [6, 6.07) is 9.87. The molecule has 0 aromatic heterocycles. The Morgan fingerprint density at radius 3 is 2.60 bits per heavy atom. The van der Waals surface area contributed by atoms with Gasteiger partial charge >= 0.3 is 0 Å². The second-order valence-corrected chi connectivity index (χ2v) is 4.29. The Labute approximate surface area is 94.4 Å². The van der Waals surface area contributed by atoms with Gasteiger partial charge in [0.2, 0.25) is 0 Å². The summed E-state index contributed by atoms with van der Waals surface area (Å²) in [7, 11) is 0. The van der Waals surface area contributed by atoms with Crippen molar-refractivity contribution in [3.63, 3.8) is 0 Å². The van der Waals surface area contributed by atoms with Crippen LogP contribution in [-0.4, -0.2) is 13.2 Å². The third-order valence-corrected chi connectivity index (χ3v) is 3.10. The number of benzene rings is 1. The minimum Gasteiger partial charge on any atom is -0.379 e. The highest BCUT2D eigenvalue weighted by atomic mass is 35.5. The van der Waals surface area contributed by atoms with E-state index < -0.39 is 5.41 Å². The second-order valence-electron chi connectivity index (χ2n) is 3.86. The molecule has 1 aliphatic rings. The highest BCUT2D eigenvalue weighted by Crippen LogP contribution is 2.32. The van der Waals surface area contributed by atoms with E-state index >= 15 is 0 Å². The van der Waals surface area contributed by atoms with E-state index in [-0.39, 0.29) is 0 Å². The Balaban J connectivity index is 2.33. The average Bonchev–Trinajstić information content (AvgIpc) is 2.31. The summed E-state index contributed by atoms with van der Waals surface area (Å²) in [6.07, 6.45) is 1.81. The zero-order chi connectivity index (χ0) is 10.7. The summed E-state index contributed by atoms with van der Waals surface area (Å²) in [6.45, 7) is 1.25. The van der Waals surface area contributed by atoms with Crippen molar-refractivity contribution in [1.82, 2.24) is 0 Å². The van der Waals surface area contributed by atoms with Crippen molar-refractivity contribution in [3.8, 4) is 6.07 Å². The van der Waals surface area contributed by atoms with Crippen LogP contribution < -0.4 is 0 Å². The molecule has 1 aromatic rings. The summed E-state index contributed by atoms with van der Waals surface area (Å²) in [4.78, 5) is 0. The number of ether oxygens (including phenoxy) is 1. The topological polar surface area (TPSA) is 33.0 Å². The number of hydrogen-bond donors (Lipinski definition) is 0. The van der Waals surface area contributed by atoms with Crippen molar-refractivity contribution in [1.29, 1.82) is 5.26 Å². The molecule has 0 aliphatic carbocycles. The molecule has 0 N–H and O–H groups in total. The first-order valence-electron chi connectivity index (χ1n) is 5.02. The molecule has 1 fully saturated rings. The van der Waals surface area contributed by atoms with Crippen molar-refractivity contribution in [2.75, 3.05) is 13.2 Å². The maximum absolute atomic E-state index is 9.30. The Morgan fingerprint density at radius 2 is 2.07 bits per heavy atom. The van der Waals surface area contributed by atoms with E-state index in [4.69, 9.17) is 16.3 Å². The third-order valence-electron chi connectivity index (χ3n) is 2.85. The molecule has 1 saturated heterocycles. The fourth-order valence-corrected chi connectivity index (χ4v) is 2.07. The van der Waals surface area contributed by atoms with Crippen LogP contribution in [0.3, 0.4) is 0 Å². The number of nitriles is 1. The van der Waals surface area contributed by atoms with Crippen LogP contribution >= 0.6 is 11.6 Å². The Kier molecular flexibility index (Phi) is 2.95. The summed E-state index contributed by atoms with van der Waals surface area (Å²) in [5.74, 6) is 0. The predicted octanol–water partition coefficient (Wildman–Crippen LogP) is 2.91. The van der Waals surface area contributed by atoms with Gasteiger partial charge in [0.05, 0.1) is 12.7 Å². The van der Waals surface area contributed by atoms with Gasteiger partial charge < -0.3 is 4.74 Å². The van der Waals surface area contributed by atoms with Gasteiger partial charge in [-0.3, -0.25) is 0 Å². The van der Waals surface area contributed by atoms with Crippen molar-refractivity contribution >= 4 is 11.6 Å². The molecule has 0 saturated carbocycles. The average molecular weight is 222 g/mol. The molecular formula is C12H12ClNO. The molecule has 1 atom stereocenters. The molecule has 2 rings (SSSR count). The largest absolute Gasteiger partial charge is 0.379 e. The molecule has 0 spiro atoms. The first-order chi connectivity index (χ1) is 7.27. The summed E-state index contributed by atoms with van der Waals surface area (Å²) >= 11 is 5.83. The summed E-state index contributed by atoms with van der Waals surface area (Å²) in [5.41, 5.74) is 0.539. The van der Waals surface area contributed by atoms with Gasteiger partial charge in [0.1, 0.15) is 5.41 Å². The highest BCUT2D eigenvalue weighted by Gasteiger charge is 2.34. The molecule has 0 amide bonds. The minimum absolute atomic E-state index is 0.469. The minimum atomic E-state index is -0.469. The molecule has 1 heterocycles. The molecular weight excluding hydrogens is 210 g/mol. The molecule has 1 aliphatic heterocycles. The van der Waals surface area contributed by atoms with E-state index in [0.29, 0.717) is 11.6 Å². The van der Waals surface area contributed by atoms with E-state index in [9.17, 15) is 5.26 Å². The van der Waals surface area contributed by atoms with Gasteiger partial charge in [-0.15, -0.1) is 0 Å². The maximum atomic E-state index is 9.30. The van der Waals surface area contributed by atoms with Crippen LogP contribution in [0, 0.1) is 11.3 Å². The van der Waals surface area contributed by atoms with E-state index in [1.165, 1.54) is 0 Å². The normalized spacial score (nSPS) is 25.9. The zero-order valence-electron chi connectivity index (χ0n) is 8.37. The van der Waals surface area contributed by atoms with Crippen LogP contribution in [0.5, 0.6) is 0 Å². The Hall–Kier alpha value is -1.04. The monoisotopic (exact) mass is 221 g/mol. The first-order valence-corrected chi connectivity index (χ1v) is 5.40.